The molecule has 1 aliphatic heterocycles. The molecule has 1 fully saturated rings. The summed E-state index contributed by atoms with van der Waals surface area (Å²) in [6.45, 7) is 0.276. The maximum Gasteiger partial charge on any atom is 0.293 e. The number of carbonyl (C=O) groups excluding carboxylic acids is 2. The van der Waals surface area contributed by atoms with Gasteiger partial charge >= 0.3 is 0 Å². The van der Waals surface area contributed by atoms with Crippen molar-refractivity contribution in [1.29, 1.82) is 0 Å². The fourth-order valence-electron chi connectivity index (χ4n) is 3.23. The van der Waals surface area contributed by atoms with E-state index < -0.39 is 10.8 Å². The second kappa shape index (κ2) is 10.8. The first-order valence-electron chi connectivity index (χ1n) is 10.1. The Balaban J connectivity index is 1.47. The van der Waals surface area contributed by atoms with Gasteiger partial charge in [-0.2, -0.15) is 0 Å². The molecule has 4 rings (SSSR count). The molecule has 3 aromatic rings. The van der Waals surface area contributed by atoms with Crippen LogP contribution in [0.4, 0.5) is 10.5 Å². The zero-order valence-corrected chi connectivity index (χ0v) is 21.7. The zero-order valence-electron chi connectivity index (χ0n) is 17.7. The Morgan fingerprint density at radius 3 is 2.20 bits per heavy atom. The third-order valence-corrected chi connectivity index (χ3v) is 6.97. The molecule has 2 amide bonds. The predicted octanol–water partition coefficient (Wildman–Crippen LogP) is 7.48. The number of ether oxygens (including phenoxy) is 1. The molecule has 0 unspecified atom stereocenters. The van der Waals surface area contributed by atoms with Crippen molar-refractivity contribution in [3.8, 4) is 5.75 Å². The van der Waals surface area contributed by atoms with Gasteiger partial charge in [0.2, 0.25) is 0 Å². The molecule has 0 atom stereocenters. The number of nitro groups is 1. The fourth-order valence-corrected chi connectivity index (χ4v) is 4.95. The molecule has 0 N–H and O–H groups in total. The van der Waals surface area contributed by atoms with Crippen molar-refractivity contribution < 1.29 is 19.2 Å². The summed E-state index contributed by atoms with van der Waals surface area (Å²) in [5, 5.41) is 10.9. The number of nitrogens with zero attached hydrogens (tertiary/aromatic N) is 2. The molecular formula is C24H15BrCl2N2O5S. The minimum absolute atomic E-state index is 0.0181. The Hall–Kier alpha value is -2.85. The number of hydrogen-bond donors (Lipinski definition) is 0. The largest absolute Gasteiger partial charge is 0.486 e. The summed E-state index contributed by atoms with van der Waals surface area (Å²) < 4.78 is 6.62. The van der Waals surface area contributed by atoms with Gasteiger partial charge in [0.1, 0.15) is 6.61 Å². The third kappa shape index (κ3) is 6.05. The number of thioether (sulfide) groups is 1. The van der Waals surface area contributed by atoms with Crippen LogP contribution in [0.15, 0.2) is 70.0 Å². The summed E-state index contributed by atoms with van der Waals surface area (Å²) in [5.74, 6) is -0.152. The number of non-ortho nitro benzene ring substituents is 1. The van der Waals surface area contributed by atoms with E-state index in [2.05, 4.69) is 15.9 Å². The number of nitro benzene ring substituents is 1. The summed E-state index contributed by atoms with van der Waals surface area (Å²) in [7, 11) is 0. The molecule has 1 saturated heterocycles. The van der Waals surface area contributed by atoms with Crippen molar-refractivity contribution in [2.75, 3.05) is 0 Å². The van der Waals surface area contributed by atoms with Crippen LogP contribution in [0.25, 0.3) is 6.08 Å². The molecule has 0 aliphatic carbocycles. The number of halogens is 3. The van der Waals surface area contributed by atoms with Gasteiger partial charge in [-0.1, -0.05) is 51.3 Å². The molecule has 1 aliphatic rings. The molecule has 0 saturated carbocycles. The standard InChI is InChI=1S/C24H15BrCl2N2O5S/c25-17-5-1-14(2-6-17)12-28-23(30)21(35-24(28)31)11-16-9-19(26)22(20(27)10-16)34-13-15-3-7-18(8-4-15)29(32)33/h1-11H,12-13H2/b21-11-. The average Bonchev–Trinajstić information content (AvgIpc) is 3.07. The maximum atomic E-state index is 12.8. The Morgan fingerprint density at radius 1 is 1.00 bits per heavy atom. The third-order valence-electron chi connectivity index (χ3n) is 4.98. The molecule has 0 spiro atoms. The van der Waals surface area contributed by atoms with Crippen molar-refractivity contribution in [2.24, 2.45) is 0 Å². The smallest absolute Gasteiger partial charge is 0.293 e. The Morgan fingerprint density at radius 2 is 1.60 bits per heavy atom. The van der Waals surface area contributed by atoms with Gasteiger partial charge in [-0.05, 0) is 70.9 Å². The SMILES string of the molecule is O=C1S/C(=C\c2cc(Cl)c(OCc3ccc([N+](=O)[O-])cc3)c(Cl)c2)C(=O)N1Cc1ccc(Br)cc1. The minimum atomic E-state index is -0.480. The topological polar surface area (TPSA) is 89.7 Å². The van der Waals surface area contributed by atoms with Crippen LogP contribution in [0.5, 0.6) is 5.75 Å². The normalized spacial score (nSPS) is 14.6. The molecule has 0 radical (unpaired) electrons. The van der Waals surface area contributed by atoms with Crippen LogP contribution < -0.4 is 4.74 Å². The first-order chi connectivity index (χ1) is 16.7. The first-order valence-corrected chi connectivity index (χ1v) is 12.4. The van der Waals surface area contributed by atoms with Crippen molar-refractivity contribution >= 4 is 73.8 Å². The molecule has 0 aromatic heterocycles. The molecule has 1 heterocycles. The van der Waals surface area contributed by atoms with Gasteiger partial charge in [0.25, 0.3) is 16.8 Å². The van der Waals surface area contributed by atoms with E-state index in [1.807, 2.05) is 24.3 Å². The Kier molecular flexibility index (Phi) is 7.81. The van der Waals surface area contributed by atoms with Crippen molar-refractivity contribution in [1.82, 2.24) is 4.90 Å². The van der Waals surface area contributed by atoms with E-state index in [0.29, 0.717) is 11.1 Å². The van der Waals surface area contributed by atoms with E-state index in [9.17, 15) is 19.7 Å². The van der Waals surface area contributed by atoms with Crippen molar-refractivity contribution in [3.63, 3.8) is 0 Å². The summed E-state index contributed by atoms with van der Waals surface area (Å²) in [6, 6.07) is 16.5. The predicted molar refractivity (Wildman–Crippen MR) is 140 cm³/mol. The van der Waals surface area contributed by atoms with Gasteiger partial charge in [0.15, 0.2) is 5.75 Å². The van der Waals surface area contributed by atoms with E-state index in [0.717, 1.165) is 21.8 Å². The van der Waals surface area contributed by atoms with Crippen molar-refractivity contribution in [2.45, 2.75) is 13.2 Å². The highest BCUT2D eigenvalue weighted by Crippen LogP contribution is 2.38. The lowest BCUT2D eigenvalue weighted by molar-refractivity contribution is -0.384. The lowest BCUT2D eigenvalue weighted by Crippen LogP contribution is -2.27. The van der Waals surface area contributed by atoms with Crippen LogP contribution in [0.1, 0.15) is 16.7 Å². The van der Waals surface area contributed by atoms with Gasteiger partial charge in [-0.15, -0.1) is 0 Å². The van der Waals surface area contributed by atoms with Gasteiger partial charge < -0.3 is 4.74 Å². The number of imide groups is 1. The summed E-state index contributed by atoms with van der Waals surface area (Å²) in [6.07, 6.45) is 1.56. The van der Waals surface area contributed by atoms with E-state index in [1.54, 1.807) is 30.3 Å². The molecule has 0 bridgehead atoms. The van der Waals surface area contributed by atoms with E-state index >= 15 is 0 Å². The summed E-state index contributed by atoms with van der Waals surface area (Å²) in [5.41, 5.74) is 2.05. The number of amides is 2. The lowest BCUT2D eigenvalue weighted by atomic mass is 10.2. The molecular weight excluding hydrogens is 579 g/mol. The van der Waals surface area contributed by atoms with Gasteiger partial charge in [-0.25, -0.2) is 0 Å². The highest BCUT2D eigenvalue weighted by atomic mass is 79.9. The van der Waals surface area contributed by atoms with Crippen molar-refractivity contribution in [3.05, 3.63) is 107 Å². The zero-order chi connectivity index (χ0) is 25.1. The Labute approximate surface area is 222 Å². The fraction of sp³-hybridized carbons (Fsp3) is 0.0833. The lowest BCUT2D eigenvalue weighted by Gasteiger charge is -2.12. The maximum absolute atomic E-state index is 12.8. The average molecular weight is 594 g/mol. The van der Waals surface area contributed by atoms with E-state index in [1.165, 1.54) is 17.0 Å². The number of hydrogen-bond acceptors (Lipinski definition) is 6. The van der Waals surface area contributed by atoms with Crippen LogP contribution in [-0.4, -0.2) is 21.0 Å². The molecule has 178 valence electrons. The Bertz CT molecular complexity index is 1320. The molecule has 7 nitrogen and oxygen atoms in total. The minimum Gasteiger partial charge on any atom is -0.486 e. The number of rotatable bonds is 7. The first kappa shape index (κ1) is 25.2. The van der Waals surface area contributed by atoms with Gasteiger partial charge in [0, 0.05) is 16.6 Å². The second-order valence-corrected chi connectivity index (χ2v) is 10.1. The van der Waals surface area contributed by atoms with E-state index in [4.69, 9.17) is 27.9 Å². The monoisotopic (exact) mass is 592 g/mol. The van der Waals surface area contributed by atoms with Gasteiger partial charge in [0.05, 0.1) is 26.4 Å². The van der Waals surface area contributed by atoms with Crippen LogP contribution in [0, 0.1) is 10.1 Å². The second-order valence-electron chi connectivity index (χ2n) is 7.42. The highest BCUT2D eigenvalue weighted by molar-refractivity contribution is 9.10. The number of benzene rings is 3. The highest BCUT2D eigenvalue weighted by Gasteiger charge is 2.35. The summed E-state index contributed by atoms with van der Waals surface area (Å²) >= 11 is 16.9. The van der Waals surface area contributed by atoms with E-state index in [-0.39, 0.29) is 44.8 Å². The van der Waals surface area contributed by atoms with Crippen LogP contribution >= 0.6 is 50.9 Å². The van der Waals surface area contributed by atoms with Gasteiger partial charge in [-0.3, -0.25) is 24.6 Å². The van der Waals surface area contributed by atoms with Crippen LogP contribution in [0.3, 0.4) is 0 Å². The van der Waals surface area contributed by atoms with Crippen LogP contribution in [0.2, 0.25) is 10.0 Å². The molecule has 35 heavy (non-hydrogen) atoms. The quantitative estimate of drug-likeness (QED) is 0.160. The summed E-state index contributed by atoms with van der Waals surface area (Å²) in [4.78, 5) is 37.0. The van der Waals surface area contributed by atoms with Crippen LogP contribution in [-0.2, 0) is 17.9 Å². The molecule has 11 heteroatoms. The molecule has 3 aromatic carbocycles. The number of carbonyl (C=O) groups is 2.